The number of amides is 2. The average Bonchev–Trinajstić information content (AvgIpc) is 3.39. The van der Waals surface area contributed by atoms with Crippen LogP contribution in [-0.2, 0) is 16.0 Å². The third-order valence-electron chi connectivity index (χ3n) is 4.17. The van der Waals surface area contributed by atoms with Gasteiger partial charge >= 0.3 is 12.2 Å². The van der Waals surface area contributed by atoms with Gasteiger partial charge in [-0.2, -0.15) is 5.10 Å². The minimum Gasteiger partial charge on any atom is -0.453 e. The van der Waals surface area contributed by atoms with E-state index in [9.17, 15) is 14.0 Å². The number of cyclic esters (lactones) is 1. The van der Waals surface area contributed by atoms with E-state index in [-0.39, 0.29) is 18.8 Å². The largest absolute Gasteiger partial charge is 0.453 e. The minimum atomic E-state index is -0.636. The van der Waals surface area contributed by atoms with Crippen LogP contribution < -0.4 is 16.0 Å². The van der Waals surface area contributed by atoms with Crippen molar-refractivity contribution in [3.05, 3.63) is 48.4 Å². The lowest BCUT2D eigenvalue weighted by atomic mass is 10.2. The molecule has 1 atom stereocenters. The molecule has 0 unspecified atom stereocenters. The number of hydrogen-bond donors (Lipinski definition) is 2. The van der Waals surface area contributed by atoms with Crippen molar-refractivity contribution in [1.29, 1.82) is 0 Å². The number of anilines is 1. The molecule has 1 aromatic carbocycles. The van der Waals surface area contributed by atoms with Crippen LogP contribution in [0.15, 0.2) is 47.6 Å². The van der Waals surface area contributed by atoms with Crippen molar-refractivity contribution in [1.82, 2.24) is 20.1 Å². The van der Waals surface area contributed by atoms with E-state index in [0.29, 0.717) is 17.8 Å². The molecule has 11 nitrogen and oxygen atoms in total. The highest BCUT2D eigenvalue weighted by Gasteiger charge is 2.32. The van der Waals surface area contributed by atoms with Gasteiger partial charge in [-0.1, -0.05) is 0 Å². The first-order valence-electron chi connectivity index (χ1n) is 8.87. The first kappa shape index (κ1) is 20.8. The van der Waals surface area contributed by atoms with Crippen molar-refractivity contribution in [3.8, 4) is 0 Å². The Morgan fingerprint density at radius 2 is 2.37 bits per heavy atom. The molecular weight excluding hydrogens is 397 g/mol. The molecule has 0 radical (unpaired) electrons. The van der Waals surface area contributed by atoms with E-state index < -0.39 is 24.1 Å². The van der Waals surface area contributed by atoms with Gasteiger partial charge < -0.3 is 20.5 Å². The molecule has 0 aliphatic carbocycles. The molecular formula is C18H20FN7O4. The van der Waals surface area contributed by atoms with E-state index in [1.165, 1.54) is 49.2 Å². The summed E-state index contributed by atoms with van der Waals surface area (Å²) < 4.78 is 25.7. The van der Waals surface area contributed by atoms with Crippen molar-refractivity contribution in [2.24, 2.45) is 10.7 Å². The van der Waals surface area contributed by atoms with Gasteiger partial charge in [0.2, 0.25) is 0 Å². The van der Waals surface area contributed by atoms with Crippen molar-refractivity contribution >= 4 is 29.8 Å². The molecule has 1 fully saturated rings. The van der Waals surface area contributed by atoms with E-state index in [1.807, 2.05) is 0 Å². The molecule has 0 bridgehead atoms. The molecule has 1 saturated heterocycles. The van der Waals surface area contributed by atoms with Crippen LogP contribution in [0.3, 0.4) is 0 Å². The molecule has 3 rings (SSSR count). The van der Waals surface area contributed by atoms with E-state index >= 15 is 0 Å². The number of allylic oxidation sites excluding steroid dienone is 1. The maximum absolute atomic E-state index is 14.5. The quantitative estimate of drug-likeness (QED) is 0.649. The Bertz CT molecular complexity index is 961. The number of hydrogen-bond acceptors (Lipinski definition) is 8. The second-order valence-corrected chi connectivity index (χ2v) is 6.22. The van der Waals surface area contributed by atoms with Gasteiger partial charge in [0.05, 0.1) is 38.1 Å². The van der Waals surface area contributed by atoms with Gasteiger partial charge in [0.1, 0.15) is 18.8 Å². The third kappa shape index (κ3) is 5.10. The average molecular weight is 417 g/mol. The van der Waals surface area contributed by atoms with Crippen LogP contribution in [0.4, 0.5) is 25.4 Å². The summed E-state index contributed by atoms with van der Waals surface area (Å²) in [7, 11) is 1.23. The number of aliphatic imine (C=N–C) groups is 1. The number of nitrogens with zero attached hydrogens (tertiary/aromatic N) is 5. The van der Waals surface area contributed by atoms with Gasteiger partial charge in [0, 0.05) is 18.0 Å². The number of alkyl carbamates (subject to hydrolysis) is 1. The summed E-state index contributed by atoms with van der Waals surface area (Å²) in [5.74, 6) is -0.621. The van der Waals surface area contributed by atoms with Gasteiger partial charge in [-0.05, 0) is 18.2 Å². The number of carbonyl (C=O) groups is 2. The molecule has 158 valence electrons. The van der Waals surface area contributed by atoms with Gasteiger partial charge in [-0.25, -0.2) is 23.6 Å². The summed E-state index contributed by atoms with van der Waals surface area (Å²) in [4.78, 5) is 32.4. The Kier molecular flexibility index (Phi) is 6.57. The van der Waals surface area contributed by atoms with E-state index in [1.54, 1.807) is 10.7 Å². The predicted octanol–water partition coefficient (Wildman–Crippen LogP) is 1.34. The van der Waals surface area contributed by atoms with E-state index in [0.717, 1.165) is 0 Å². The maximum atomic E-state index is 14.5. The molecule has 1 aliphatic heterocycles. The Balaban J connectivity index is 1.64. The molecule has 12 heteroatoms. The number of methoxy groups -OCH3 is 1. The second kappa shape index (κ2) is 9.49. The van der Waals surface area contributed by atoms with Gasteiger partial charge in [0.15, 0.2) is 5.82 Å². The van der Waals surface area contributed by atoms with E-state index in [4.69, 9.17) is 10.5 Å². The topological polar surface area (TPSA) is 137 Å². The van der Waals surface area contributed by atoms with Crippen LogP contribution in [0.2, 0.25) is 0 Å². The monoisotopic (exact) mass is 417 g/mol. The van der Waals surface area contributed by atoms with Crippen molar-refractivity contribution in [3.63, 3.8) is 0 Å². The van der Waals surface area contributed by atoms with Crippen LogP contribution in [0.1, 0.15) is 0 Å². The zero-order valence-corrected chi connectivity index (χ0v) is 16.1. The summed E-state index contributed by atoms with van der Waals surface area (Å²) >= 11 is 0. The second-order valence-electron chi connectivity index (χ2n) is 6.22. The highest BCUT2D eigenvalue weighted by Crippen LogP contribution is 2.27. The van der Waals surface area contributed by atoms with Crippen LogP contribution >= 0.6 is 0 Å². The van der Waals surface area contributed by atoms with Gasteiger partial charge in [0.25, 0.3) is 0 Å². The van der Waals surface area contributed by atoms with Crippen molar-refractivity contribution in [2.75, 3.05) is 25.1 Å². The van der Waals surface area contributed by atoms with Crippen LogP contribution in [0.25, 0.3) is 0 Å². The Morgan fingerprint density at radius 3 is 3.03 bits per heavy atom. The van der Waals surface area contributed by atoms with Gasteiger partial charge in [-0.3, -0.25) is 9.89 Å². The lowest BCUT2D eigenvalue weighted by Gasteiger charge is -2.13. The Labute approximate surface area is 171 Å². The standard InChI is InChI=1S/C18H20FN7O4/c1-29-17(27)23-7-14-9-26(18(28)30-14)13-2-3-16(15(19)4-13)22-6-12(5-20)8-25-11-21-10-24-25/h2-6,10-11,14H,7-9,20H2,1H3,(H,23,27)/b12-5+,22-6?/t14-/m0/s1. The molecule has 3 N–H and O–H groups in total. The zero-order chi connectivity index (χ0) is 21.5. The van der Waals surface area contributed by atoms with Crippen molar-refractivity contribution < 1.29 is 23.5 Å². The molecule has 2 amide bonds. The number of halogens is 1. The summed E-state index contributed by atoms with van der Waals surface area (Å²) in [5, 5.41) is 6.42. The van der Waals surface area contributed by atoms with Crippen molar-refractivity contribution in [2.45, 2.75) is 12.6 Å². The fourth-order valence-electron chi connectivity index (χ4n) is 2.67. The Morgan fingerprint density at radius 1 is 1.53 bits per heavy atom. The lowest BCUT2D eigenvalue weighted by molar-refractivity contribution is 0.132. The SMILES string of the molecule is COC(=O)NC[C@H]1CN(c2ccc(N=C/C(=C\N)Cn3cncn3)c(F)c2)C(=O)O1. The molecule has 0 saturated carbocycles. The fourth-order valence-corrected chi connectivity index (χ4v) is 2.67. The first-order valence-corrected chi connectivity index (χ1v) is 8.87. The molecule has 2 aromatic rings. The van der Waals surface area contributed by atoms with Crippen LogP contribution in [0, 0.1) is 5.82 Å². The Hall–Kier alpha value is -3.96. The highest BCUT2D eigenvalue weighted by molar-refractivity contribution is 5.90. The van der Waals surface area contributed by atoms with E-state index in [2.05, 4.69) is 25.1 Å². The molecule has 2 heterocycles. The normalized spacial score (nSPS) is 16.7. The number of ether oxygens (including phenoxy) is 2. The first-order chi connectivity index (χ1) is 14.5. The third-order valence-corrected chi connectivity index (χ3v) is 4.17. The molecule has 1 aliphatic rings. The molecule has 1 aromatic heterocycles. The van der Waals surface area contributed by atoms with Crippen LogP contribution in [0.5, 0.6) is 0 Å². The number of nitrogens with one attached hydrogen (secondary N) is 1. The number of benzene rings is 1. The van der Waals surface area contributed by atoms with Crippen LogP contribution in [-0.4, -0.2) is 59.5 Å². The summed E-state index contributed by atoms with van der Waals surface area (Å²) in [6.07, 6.45) is 3.85. The predicted molar refractivity (Wildman–Crippen MR) is 105 cm³/mol. The van der Waals surface area contributed by atoms with Gasteiger partial charge in [-0.15, -0.1) is 0 Å². The summed E-state index contributed by atoms with van der Waals surface area (Å²) in [6, 6.07) is 4.18. The molecule has 30 heavy (non-hydrogen) atoms. The highest BCUT2D eigenvalue weighted by atomic mass is 19.1. The summed E-state index contributed by atoms with van der Waals surface area (Å²) in [5.41, 5.74) is 6.57. The number of nitrogens with two attached hydrogens (primary N) is 1. The maximum Gasteiger partial charge on any atom is 0.414 e. The summed E-state index contributed by atoms with van der Waals surface area (Å²) in [6.45, 7) is 0.572. The number of carbonyl (C=O) groups excluding carboxylic acids is 2. The zero-order valence-electron chi connectivity index (χ0n) is 16.1. The number of rotatable bonds is 7. The number of aromatic nitrogens is 3. The fraction of sp³-hybridized carbons (Fsp3) is 0.278. The smallest absolute Gasteiger partial charge is 0.414 e. The lowest BCUT2D eigenvalue weighted by Crippen LogP contribution is -2.34. The minimum absolute atomic E-state index is 0.0770. The molecule has 0 spiro atoms.